The molecule has 3 aromatic rings. The molecular formula is C25H25N5O5. The van der Waals surface area contributed by atoms with Crippen LogP contribution in [0.25, 0.3) is 11.2 Å². The third-order valence-electron chi connectivity index (χ3n) is 6.43. The Morgan fingerprint density at radius 2 is 1.91 bits per heavy atom. The molecule has 1 saturated heterocycles. The predicted octanol–water partition coefficient (Wildman–Crippen LogP) is 3.47. The summed E-state index contributed by atoms with van der Waals surface area (Å²) in [6.45, 7) is 1.27. The molecule has 0 unspecified atom stereocenters. The molecule has 4 heterocycles. The van der Waals surface area contributed by atoms with Crippen molar-refractivity contribution < 1.29 is 24.2 Å². The number of imide groups is 1. The Bertz CT molecular complexity index is 1330. The summed E-state index contributed by atoms with van der Waals surface area (Å²) < 4.78 is 7.00. The van der Waals surface area contributed by atoms with Gasteiger partial charge in [0, 0.05) is 32.3 Å². The van der Waals surface area contributed by atoms with Gasteiger partial charge in [0.1, 0.15) is 17.2 Å². The van der Waals surface area contributed by atoms with Gasteiger partial charge in [-0.05, 0) is 47.4 Å². The first-order valence-corrected chi connectivity index (χ1v) is 11.3. The first-order chi connectivity index (χ1) is 16.9. The Labute approximate surface area is 201 Å². The van der Waals surface area contributed by atoms with Gasteiger partial charge in [0.25, 0.3) is 0 Å². The number of anilines is 1. The maximum absolute atomic E-state index is 13.3. The number of nitrogens with zero attached hydrogens (tertiary/aromatic N) is 5. The molecule has 0 radical (unpaired) electrons. The zero-order chi connectivity index (χ0) is 24.5. The van der Waals surface area contributed by atoms with E-state index in [0.29, 0.717) is 36.7 Å². The van der Waals surface area contributed by atoms with Gasteiger partial charge in [-0.3, -0.25) is 19.0 Å². The van der Waals surface area contributed by atoms with Crippen LogP contribution in [0.15, 0.2) is 54.9 Å². The van der Waals surface area contributed by atoms with Crippen molar-refractivity contribution in [3.05, 3.63) is 66.0 Å². The van der Waals surface area contributed by atoms with Crippen LogP contribution >= 0.6 is 0 Å². The molecule has 2 aromatic heterocycles. The van der Waals surface area contributed by atoms with Crippen molar-refractivity contribution in [3.8, 4) is 5.75 Å². The highest BCUT2D eigenvalue weighted by atomic mass is 16.5. The predicted molar refractivity (Wildman–Crippen MR) is 128 cm³/mol. The number of aromatic nitrogens is 2. The summed E-state index contributed by atoms with van der Waals surface area (Å²) >= 11 is 0. The summed E-state index contributed by atoms with van der Waals surface area (Å²) in [6, 6.07) is 10.8. The number of hydrogen-bond acceptors (Lipinski definition) is 5. The molecule has 2 aliphatic rings. The monoisotopic (exact) mass is 475 g/mol. The van der Waals surface area contributed by atoms with Crippen molar-refractivity contribution in [2.75, 3.05) is 31.6 Å². The first-order valence-electron chi connectivity index (χ1n) is 11.3. The van der Waals surface area contributed by atoms with Crippen molar-refractivity contribution in [3.63, 3.8) is 0 Å². The average molecular weight is 476 g/mol. The standard InChI is InChI=1S/C25H25N5O5/c1-35-20-4-2-17(3-5-20)16-30-23(31)9-13-29(24(30)32)22-15-26-21-14-19(8-12-28(21)22)18-6-10-27(11-7-18)25(33)34/h2-6,8,12,14-15H,7,9-11,13,16H2,1H3,(H,33,34). The largest absolute Gasteiger partial charge is 0.497 e. The highest BCUT2D eigenvalue weighted by Crippen LogP contribution is 2.27. The topological polar surface area (TPSA) is 108 Å². The Morgan fingerprint density at radius 3 is 2.60 bits per heavy atom. The minimum atomic E-state index is -0.917. The quantitative estimate of drug-likeness (QED) is 0.606. The zero-order valence-electron chi connectivity index (χ0n) is 19.3. The molecule has 0 spiro atoms. The van der Waals surface area contributed by atoms with E-state index in [2.05, 4.69) is 4.98 Å². The van der Waals surface area contributed by atoms with Crippen LogP contribution in [0.4, 0.5) is 15.4 Å². The number of carbonyl (C=O) groups is 3. The van der Waals surface area contributed by atoms with Gasteiger partial charge in [-0.2, -0.15) is 0 Å². The fraction of sp³-hybridized carbons (Fsp3) is 0.280. The van der Waals surface area contributed by atoms with Gasteiger partial charge in [0.2, 0.25) is 5.91 Å². The van der Waals surface area contributed by atoms with Gasteiger partial charge < -0.3 is 14.7 Å². The number of rotatable bonds is 5. The molecule has 4 amide bonds. The van der Waals surface area contributed by atoms with Crippen molar-refractivity contribution in [2.45, 2.75) is 19.4 Å². The van der Waals surface area contributed by atoms with E-state index in [9.17, 15) is 14.4 Å². The van der Waals surface area contributed by atoms with Gasteiger partial charge in [-0.1, -0.05) is 18.2 Å². The molecule has 10 nitrogen and oxygen atoms in total. The average Bonchev–Trinajstić information content (AvgIpc) is 3.30. The number of hydrogen-bond donors (Lipinski definition) is 1. The minimum Gasteiger partial charge on any atom is -0.497 e. The van der Waals surface area contributed by atoms with Gasteiger partial charge >= 0.3 is 12.1 Å². The number of pyridine rings is 1. The van der Waals surface area contributed by atoms with E-state index < -0.39 is 6.09 Å². The normalized spacial score (nSPS) is 16.6. The minimum absolute atomic E-state index is 0.181. The first kappa shape index (κ1) is 22.5. The molecule has 0 saturated carbocycles. The van der Waals surface area contributed by atoms with E-state index in [1.807, 2.05) is 40.9 Å². The summed E-state index contributed by atoms with van der Waals surface area (Å²) in [5, 5.41) is 9.15. The molecule has 1 aromatic carbocycles. The molecule has 180 valence electrons. The van der Waals surface area contributed by atoms with E-state index in [4.69, 9.17) is 9.84 Å². The van der Waals surface area contributed by atoms with Crippen molar-refractivity contribution in [2.24, 2.45) is 0 Å². The molecule has 10 heteroatoms. The summed E-state index contributed by atoms with van der Waals surface area (Å²) in [4.78, 5) is 45.7. The number of amides is 4. The fourth-order valence-corrected chi connectivity index (χ4v) is 4.44. The van der Waals surface area contributed by atoms with Crippen LogP contribution in [-0.4, -0.2) is 69.1 Å². The van der Waals surface area contributed by atoms with Crippen molar-refractivity contribution in [1.29, 1.82) is 0 Å². The summed E-state index contributed by atoms with van der Waals surface area (Å²) in [7, 11) is 1.59. The highest BCUT2D eigenvalue weighted by Gasteiger charge is 2.34. The van der Waals surface area contributed by atoms with E-state index in [1.54, 1.807) is 30.3 Å². The van der Waals surface area contributed by atoms with Gasteiger partial charge in [0.15, 0.2) is 0 Å². The maximum Gasteiger partial charge on any atom is 0.407 e. The number of benzene rings is 1. The molecular weight excluding hydrogens is 450 g/mol. The number of methoxy groups -OCH3 is 1. The number of fused-ring (bicyclic) bond motifs is 1. The van der Waals surface area contributed by atoms with Crippen LogP contribution in [0.5, 0.6) is 5.75 Å². The van der Waals surface area contributed by atoms with Crippen LogP contribution in [0.3, 0.4) is 0 Å². The Kier molecular flexibility index (Phi) is 5.86. The molecule has 35 heavy (non-hydrogen) atoms. The van der Waals surface area contributed by atoms with Gasteiger partial charge in [-0.15, -0.1) is 0 Å². The maximum atomic E-state index is 13.3. The van der Waals surface area contributed by atoms with Crippen LogP contribution in [0.1, 0.15) is 24.0 Å². The fourth-order valence-electron chi connectivity index (χ4n) is 4.44. The van der Waals surface area contributed by atoms with Gasteiger partial charge in [-0.25, -0.2) is 14.6 Å². The summed E-state index contributed by atoms with van der Waals surface area (Å²) in [5.74, 6) is 1.09. The Balaban J connectivity index is 1.37. The molecule has 1 N–H and O–H groups in total. The summed E-state index contributed by atoms with van der Waals surface area (Å²) in [6.07, 6.45) is 5.35. The third kappa shape index (κ3) is 4.30. The molecule has 1 fully saturated rings. The van der Waals surface area contributed by atoms with E-state index in [0.717, 1.165) is 16.7 Å². The van der Waals surface area contributed by atoms with E-state index >= 15 is 0 Å². The highest BCUT2D eigenvalue weighted by molar-refractivity contribution is 6.05. The zero-order valence-corrected chi connectivity index (χ0v) is 19.3. The second-order valence-corrected chi connectivity index (χ2v) is 8.48. The van der Waals surface area contributed by atoms with Gasteiger partial charge in [0.05, 0.1) is 19.9 Å². The number of imidazole rings is 1. The third-order valence-corrected chi connectivity index (χ3v) is 6.43. The number of ether oxygens (including phenoxy) is 1. The molecule has 0 atom stereocenters. The van der Waals surface area contributed by atoms with E-state index in [-0.39, 0.29) is 31.4 Å². The molecule has 2 aliphatic heterocycles. The lowest BCUT2D eigenvalue weighted by Crippen LogP contribution is -2.52. The van der Waals surface area contributed by atoms with Crippen LogP contribution < -0.4 is 9.64 Å². The number of urea groups is 1. The number of carboxylic acid groups (broad SMARTS) is 1. The SMILES string of the molecule is COc1ccc(CN2C(=O)CCN(c3cnc4cc(C5=CCN(C(=O)O)CC5)ccn34)C2=O)cc1. The summed E-state index contributed by atoms with van der Waals surface area (Å²) in [5.41, 5.74) is 3.55. The lowest BCUT2D eigenvalue weighted by molar-refractivity contribution is -0.129. The lowest BCUT2D eigenvalue weighted by Gasteiger charge is -2.33. The van der Waals surface area contributed by atoms with Crippen LogP contribution in [0.2, 0.25) is 0 Å². The Hall–Kier alpha value is -4.34. The number of carbonyl (C=O) groups excluding carboxylic acids is 2. The molecule has 0 aliphatic carbocycles. The Morgan fingerprint density at radius 1 is 1.11 bits per heavy atom. The van der Waals surface area contributed by atoms with E-state index in [1.165, 1.54) is 9.80 Å². The van der Waals surface area contributed by atoms with Crippen LogP contribution in [-0.2, 0) is 11.3 Å². The second kappa shape index (κ2) is 9.13. The molecule has 5 rings (SSSR count). The molecule has 0 bridgehead atoms. The second-order valence-electron chi connectivity index (χ2n) is 8.48. The van der Waals surface area contributed by atoms with Crippen molar-refractivity contribution in [1.82, 2.24) is 19.2 Å². The van der Waals surface area contributed by atoms with Crippen molar-refractivity contribution >= 4 is 35.1 Å². The lowest BCUT2D eigenvalue weighted by atomic mass is 10.0. The van der Waals surface area contributed by atoms with Crippen LogP contribution in [0, 0.1) is 0 Å². The smallest absolute Gasteiger partial charge is 0.407 e.